The number of nitriles is 1. The third kappa shape index (κ3) is 3.50. The van der Waals surface area contributed by atoms with E-state index in [-0.39, 0.29) is 6.61 Å². The quantitative estimate of drug-likeness (QED) is 0.763. The molecule has 0 radical (unpaired) electrons. The average Bonchev–Trinajstić information content (AvgIpc) is 3.34. The first kappa shape index (κ1) is 14.8. The standard InChI is InChI=1S/C16H22N2O2/c1-2-9-18-16(11-17,14-5-6-14)12-20-15-7-3-13(10-19)4-8-15/h3-4,7-8,14,18-19H,2,5-6,9-10,12H2,1H3. The molecule has 0 heterocycles. The van der Waals surface area contributed by atoms with Gasteiger partial charge in [0.05, 0.1) is 12.7 Å². The lowest BCUT2D eigenvalue weighted by Gasteiger charge is -2.28. The molecule has 0 aromatic heterocycles. The van der Waals surface area contributed by atoms with Crippen LogP contribution in [0.3, 0.4) is 0 Å². The van der Waals surface area contributed by atoms with Crippen molar-refractivity contribution in [1.82, 2.24) is 5.32 Å². The number of aliphatic hydroxyl groups excluding tert-OH is 1. The highest BCUT2D eigenvalue weighted by atomic mass is 16.5. The number of rotatable bonds is 8. The Morgan fingerprint density at radius 1 is 1.40 bits per heavy atom. The van der Waals surface area contributed by atoms with Crippen LogP contribution in [0.15, 0.2) is 24.3 Å². The fraction of sp³-hybridized carbons (Fsp3) is 0.562. The van der Waals surface area contributed by atoms with E-state index in [1.807, 2.05) is 24.3 Å². The van der Waals surface area contributed by atoms with Crippen molar-refractivity contribution in [2.75, 3.05) is 13.2 Å². The summed E-state index contributed by atoms with van der Waals surface area (Å²) in [5, 5.41) is 21.9. The zero-order chi connectivity index (χ0) is 14.4. The van der Waals surface area contributed by atoms with Gasteiger partial charge in [-0.3, -0.25) is 5.32 Å². The van der Waals surface area contributed by atoms with Crippen LogP contribution in [0.25, 0.3) is 0 Å². The molecule has 4 heteroatoms. The molecule has 1 fully saturated rings. The number of nitrogens with zero attached hydrogens (tertiary/aromatic N) is 1. The van der Waals surface area contributed by atoms with E-state index < -0.39 is 5.54 Å². The molecule has 1 aliphatic carbocycles. The van der Waals surface area contributed by atoms with Gasteiger partial charge in [0.1, 0.15) is 17.9 Å². The summed E-state index contributed by atoms with van der Waals surface area (Å²) in [5.41, 5.74) is 0.293. The molecule has 2 rings (SSSR count). The lowest BCUT2D eigenvalue weighted by molar-refractivity contribution is 0.202. The third-order valence-electron chi connectivity index (χ3n) is 3.74. The van der Waals surface area contributed by atoms with Crippen molar-refractivity contribution in [1.29, 1.82) is 5.26 Å². The Hall–Kier alpha value is -1.57. The smallest absolute Gasteiger partial charge is 0.143 e. The molecule has 0 saturated heterocycles. The highest BCUT2D eigenvalue weighted by Gasteiger charge is 2.46. The van der Waals surface area contributed by atoms with Crippen molar-refractivity contribution in [2.45, 2.75) is 38.3 Å². The minimum Gasteiger partial charge on any atom is -0.491 e. The highest BCUT2D eigenvalue weighted by Crippen LogP contribution is 2.39. The molecule has 1 unspecified atom stereocenters. The molecule has 0 aliphatic heterocycles. The molecule has 1 aromatic rings. The predicted molar refractivity (Wildman–Crippen MR) is 77.2 cm³/mol. The Kier molecular flexibility index (Phi) is 4.99. The number of hydrogen-bond donors (Lipinski definition) is 2. The van der Waals surface area contributed by atoms with Crippen LogP contribution in [0.4, 0.5) is 0 Å². The van der Waals surface area contributed by atoms with E-state index in [2.05, 4.69) is 18.3 Å². The monoisotopic (exact) mass is 274 g/mol. The maximum atomic E-state index is 9.55. The highest BCUT2D eigenvalue weighted by molar-refractivity contribution is 5.27. The van der Waals surface area contributed by atoms with Crippen molar-refractivity contribution < 1.29 is 9.84 Å². The van der Waals surface area contributed by atoms with Gasteiger partial charge in [0.15, 0.2) is 0 Å². The van der Waals surface area contributed by atoms with Gasteiger partial charge in [-0.25, -0.2) is 0 Å². The number of nitrogens with one attached hydrogen (secondary N) is 1. The van der Waals surface area contributed by atoms with Crippen molar-refractivity contribution in [3.8, 4) is 11.8 Å². The summed E-state index contributed by atoms with van der Waals surface area (Å²) >= 11 is 0. The molecule has 0 spiro atoms. The first-order chi connectivity index (χ1) is 9.74. The molecular weight excluding hydrogens is 252 g/mol. The molecule has 1 saturated carbocycles. The van der Waals surface area contributed by atoms with Gasteiger partial charge >= 0.3 is 0 Å². The SMILES string of the molecule is CCCNC(C#N)(COc1ccc(CO)cc1)C1CC1. The topological polar surface area (TPSA) is 65.3 Å². The molecule has 1 aromatic carbocycles. The fourth-order valence-corrected chi connectivity index (χ4v) is 2.29. The summed E-state index contributed by atoms with van der Waals surface area (Å²) < 4.78 is 5.79. The molecular formula is C16H22N2O2. The summed E-state index contributed by atoms with van der Waals surface area (Å²) in [6.07, 6.45) is 3.19. The van der Waals surface area contributed by atoms with Crippen molar-refractivity contribution >= 4 is 0 Å². The van der Waals surface area contributed by atoms with E-state index in [0.29, 0.717) is 12.5 Å². The Bertz CT molecular complexity index is 462. The molecule has 108 valence electrons. The van der Waals surface area contributed by atoms with Crippen molar-refractivity contribution in [3.05, 3.63) is 29.8 Å². The van der Waals surface area contributed by atoms with Crippen molar-refractivity contribution in [2.24, 2.45) is 5.92 Å². The first-order valence-electron chi connectivity index (χ1n) is 7.23. The molecule has 1 aliphatic rings. The van der Waals surface area contributed by atoms with E-state index >= 15 is 0 Å². The van der Waals surface area contributed by atoms with Crippen LogP contribution < -0.4 is 10.1 Å². The predicted octanol–water partition coefficient (Wildman–Crippen LogP) is 2.23. The molecule has 4 nitrogen and oxygen atoms in total. The van der Waals surface area contributed by atoms with Gasteiger partial charge in [-0.2, -0.15) is 5.26 Å². The van der Waals surface area contributed by atoms with E-state index in [9.17, 15) is 5.26 Å². The van der Waals surface area contributed by atoms with Gasteiger partial charge in [0, 0.05) is 0 Å². The lowest BCUT2D eigenvalue weighted by atomic mass is 9.96. The third-order valence-corrected chi connectivity index (χ3v) is 3.74. The van der Waals surface area contributed by atoms with Crippen LogP contribution in [0.1, 0.15) is 31.7 Å². The second kappa shape index (κ2) is 6.74. The fourth-order valence-electron chi connectivity index (χ4n) is 2.29. The zero-order valence-electron chi connectivity index (χ0n) is 11.9. The van der Waals surface area contributed by atoms with Gasteiger partial charge in [0.25, 0.3) is 0 Å². The Labute approximate surface area is 120 Å². The number of ether oxygens (including phenoxy) is 1. The summed E-state index contributed by atoms with van der Waals surface area (Å²) in [6, 6.07) is 9.76. The van der Waals surface area contributed by atoms with Gasteiger partial charge < -0.3 is 9.84 Å². The van der Waals surface area contributed by atoms with Gasteiger partial charge in [-0.15, -0.1) is 0 Å². The Morgan fingerprint density at radius 3 is 2.60 bits per heavy atom. The van der Waals surface area contributed by atoms with Crippen LogP contribution in [0.5, 0.6) is 5.75 Å². The van der Waals surface area contributed by atoms with Crippen LogP contribution in [-0.2, 0) is 6.61 Å². The van der Waals surface area contributed by atoms with Crippen molar-refractivity contribution in [3.63, 3.8) is 0 Å². The summed E-state index contributed by atoms with van der Waals surface area (Å²) in [4.78, 5) is 0. The lowest BCUT2D eigenvalue weighted by Crippen LogP contribution is -2.51. The van der Waals surface area contributed by atoms with Gasteiger partial charge in [-0.05, 0) is 49.4 Å². The number of hydrogen-bond acceptors (Lipinski definition) is 4. The van der Waals surface area contributed by atoms with E-state index in [4.69, 9.17) is 9.84 Å². The maximum absolute atomic E-state index is 9.55. The van der Waals surface area contributed by atoms with Crippen LogP contribution in [0, 0.1) is 17.2 Å². The second-order valence-electron chi connectivity index (χ2n) is 5.37. The maximum Gasteiger partial charge on any atom is 0.143 e. The Morgan fingerprint density at radius 2 is 2.10 bits per heavy atom. The minimum absolute atomic E-state index is 0.0303. The molecule has 2 N–H and O–H groups in total. The molecule has 0 bridgehead atoms. The number of aliphatic hydroxyl groups is 1. The van der Waals surface area contributed by atoms with Gasteiger partial charge in [0.2, 0.25) is 0 Å². The minimum atomic E-state index is -0.564. The largest absolute Gasteiger partial charge is 0.491 e. The van der Waals surface area contributed by atoms with E-state index in [0.717, 1.165) is 37.1 Å². The van der Waals surface area contributed by atoms with E-state index in [1.165, 1.54) is 0 Å². The van der Waals surface area contributed by atoms with Crippen LogP contribution in [-0.4, -0.2) is 23.8 Å². The summed E-state index contributed by atoms with van der Waals surface area (Å²) in [6.45, 7) is 3.32. The van der Waals surface area contributed by atoms with Crippen LogP contribution in [0.2, 0.25) is 0 Å². The average molecular weight is 274 g/mol. The zero-order valence-corrected chi connectivity index (χ0v) is 11.9. The first-order valence-corrected chi connectivity index (χ1v) is 7.23. The molecule has 1 atom stereocenters. The summed E-state index contributed by atoms with van der Waals surface area (Å²) in [5.74, 6) is 1.14. The normalized spacial score (nSPS) is 17.2. The molecule has 0 amide bonds. The van der Waals surface area contributed by atoms with Crippen LogP contribution >= 0.6 is 0 Å². The summed E-state index contributed by atoms with van der Waals surface area (Å²) in [7, 11) is 0. The van der Waals surface area contributed by atoms with Gasteiger partial charge in [-0.1, -0.05) is 19.1 Å². The number of benzene rings is 1. The molecule has 20 heavy (non-hydrogen) atoms. The van der Waals surface area contributed by atoms with E-state index in [1.54, 1.807) is 0 Å². The second-order valence-corrected chi connectivity index (χ2v) is 5.37. The Balaban J connectivity index is 1.98.